The Kier molecular flexibility index (Phi) is 4.15. The SMILES string of the molecule is CCOC(=O)c1c(-c2ccc[nH]2)[nH]c2cc(Cl)c(Cl)cc2c1=O. The van der Waals surface area contributed by atoms with Gasteiger partial charge < -0.3 is 14.7 Å². The van der Waals surface area contributed by atoms with Gasteiger partial charge in [0.05, 0.1) is 33.6 Å². The zero-order valence-electron chi connectivity index (χ0n) is 12.1. The number of nitrogens with one attached hydrogen (secondary N) is 2. The molecular weight excluding hydrogens is 339 g/mol. The average Bonchev–Trinajstić information content (AvgIpc) is 3.03. The van der Waals surface area contributed by atoms with E-state index in [2.05, 4.69) is 9.97 Å². The maximum Gasteiger partial charge on any atom is 0.344 e. The topological polar surface area (TPSA) is 75.0 Å². The van der Waals surface area contributed by atoms with E-state index in [4.69, 9.17) is 27.9 Å². The first-order chi connectivity index (χ1) is 11.0. The van der Waals surface area contributed by atoms with Crippen LogP contribution in [-0.2, 0) is 4.74 Å². The highest BCUT2D eigenvalue weighted by Gasteiger charge is 2.22. The second-order valence-corrected chi connectivity index (χ2v) is 5.63. The number of aromatic amines is 2. The summed E-state index contributed by atoms with van der Waals surface area (Å²) in [5.74, 6) is -0.689. The van der Waals surface area contributed by atoms with Crippen molar-refractivity contribution in [3.05, 3.63) is 56.3 Å². The molecule has 7 heteroatoms. The highest BCUT2D eigenvalue weighted by Crippen LogP contribution is 2.28. The molecule has 0 spiro atoms. The van der Waals surface area contributed by atoms with Gasteiger partial charge in [-0.1, -0.05) is 23.2 Å². The first kappa shape index (κ1) is 15.6. The van der Waals surface area contributed by atoms with Crippen molar-refractivity contribution in [2.24, 2.45) is 0 Å². The maximum atomic E-state index is 12.8. The second kappa shape index (κ2) is 6.10. The molecule has 3 rings (SSSR count). The van der Waals surface area contributed by atoms with Gasteiger partial charge in [0.25, 0.3) is 0 Å². The number of carbonyl (C=O) groups excluding carboxylic acids is 1. The third-order valence-electron chi connectivity index (χ3n) is 3.39. The van der Waals surface area contributed by atoms with Gasteiger partial charge in [-0.25, -0.2) is 4.79 Å². The highest BCUT2D eigenvalue weighted by atomic mass is 35.5. The summed E-state index contributed by atoms with van der Waals surface area (Å²) in [6.45, 7) is 1.85. The molecule has 0 bridgehead atoms. The summed E-state index contributed by atoms with van der Waals surface area (Å²) in [5, 5.41) is 0.834. The van der Waals surface area contributed by atoms with Crippen molar-refractivity contribution in [2.75, 3.05) is 6.61 Å². The smallest absolute Gasteiger partial charge is 0.344 e. The molecule has 5 nitrogen and oxygen atoms in total. The first-order valence-electron chi connectivity index (χ1n) is 6.88. The van der Waals surface area contributed by atoms with Crippen LogP contribution in [0.1, 0.15) is 17.3 Å². The lowest BCUT2D eigenvalue weighted by molar-refractivity contribution is 0.0525. The number of H-pyrrole nitrogens is 2. The van der Waals surface area contributed by atoms with Gasteiger partial charge in [-0.2, -0.15) is 0 Å². The fourth-order valence-corrected chi connectivity index (χ4v) is 2.70. The molecule has 0 fully saturated rings. The van der Waals surface area contributed by atoms with Crippen molar-refractivity contribution >= 4 is 40.1 Å². The van der Waals surface area contributed by atoms with E-state index in [0.717, 1.165) is 0 Å². The standard InChI is InChI=1S/C16H12Cl2N2O3/c1-2-23-16(22)13-14(11-4-3-5-19-11)20-12-7-10(18)9(17)6-8(12)15(13)21/h3-7,19H,2H2,1H3,(H,20,21). The monoisotopic (exact) mass is 350 g/mol. The van der Waals surface area contributed by atoms with E-state index in [9.17, 15) is 9.59 Å². The molecule has 0 radical (unpaired) electrons. The van der Waals surface area contributed by atoms with Gasteiger partial charge in [0.2, 0.25) is 5.43 Å². The predicted molar refractivity (Wildman–Crippen MR) is 90.3 cm³/mol. The Morgan fingerprint density at radius 2 is 2.00 bits per heavy atom. The van der Waals surface area contributed by atoms with Gasteiger partial charge in [0, 0.05) is 11.6 Å². The van der Waals surface area contributed by atoms with Crippen LogP contribution in [-0.4, -0.2) is 22.5 Å². The number of aromatic nitrogens is 2. The molecule has 0 saturated heterocycles. The summed E-state index contributed by atoms with van der Waals surface area (Å²) in [7, 11) is 0. The molecule has 0 aliphatic rings. The third kappa shape index (κ3) is 2.73. The van der Waals surface area contributed by atoms with Gasteiger partial charge in [-0.15, -0.1) is 0 Å². The summed E-state index contributed by atoms with van der Waals surface area (Å²) in [6, 6.07) is 6.51. The first-order valence-corrected chi connectivity index (χ1v) is 7.64. The Balaban J connectivity index is 2.39. The van der Waals surface area contributed by atoms with E-state index in [1.54, 1.807) is 31.3 Å². The fourth-order valence-electron chi connectivity index (χ4n) is 2.37. The van der Waals surface area contributed by atoms with E-state index in [-0.39, 0.29) is 22.6 Å². The van der Waals surface area contributed by atoms with Crippen LogP contribution < -0.4 is 5.43 Å². The number of esters is 1. The summed E-state index contributed by atoms with van der Waals surface area (Å²) in [5.41, 5.74) is 0.907. The lowest BCUT2D eigenvalue weighted by Gasteiger charge is -2.10. The van der Waals surface area contributed by atoms with Crippen molar-refractivity contribution in [3.8, 4) is 11.4 Å². The van der Waals surface area contributed by atoms with E-state index in [0.29, 0.717) is 21.9 Å². The Labute approximate surface area is 141 Å². The summed E-state index contributed by atoms with van der Waals surface area (Å²) >= 11 is 12.0. The molecule has 1 aromatic carbocycles. The van der Waals surface area contributed by atoms with Crippen LogP contribution in [0.2, 0.25) is 10.0 Å². The highest BCUT2D eigenvalue weighted by molar-refractivity contribution is 6.42. The Morgan fingerprint density at radius 1 is 1.26 bits per heavy atom. The molecule has 2 aromatic heterocycles. The molecule has 0 aliphatic heterocycles. The molecule has 0 atom stereocenters. The van der Waals surface area contributed by atoms with Gasteiger partial charge in [0.1, 0.15) is 5.56 Å². The molecule has 0 saturated carbocycles. The predicted octanol–water partition coefficient (Wildman–Crippen LogP) is 4.01. The molecular formula is C16H12Cl2N2O3. The quantitative estimate of drug-likeness (QED) is 0.700. The summed E-state index contributed by atoms with van der Waals surface area (Å²) < 4.78 is 5.02. The van der Waals surface area contributed by atoms with Crippen LogP contribution in [0.5, 0.6) is 0 Å². The number of fused-ring (bicyclic) bond motifs is 1. The van der Waals surface area contributed by atoms with Crippen molar-refractivity contribution in [1.82, 2.24) is 9.97 Å². The van der Waals surface area contributed by atoms with Crippen LogP contribution in [0, 0.1) is 0 Å². The van der Waals surface area contributed by atoms with Gasteiger partial charge in [-0.05, 0) is 31.2 Å². The molecule has 3 aromatic rings. The van der Waals surface area contributed by atoms with E-state index in [1.165, 1.54) is 6.07 Å². The van der Waals surface area contributed by atoms with Crippen molar-refractivity contribution in [1.29, 1.82) is 0 Å². The Hall–Kier alpha value is -2.24. The molecule has 0 amide bonds. The minimum atomic E-state index is -0.689. The van der Waals surface area contributed by atoms with Crippen LogP contribution >= 0.6 is 23.2 Å². The normalized spacial score (nSPS) is 10.9. The van der Waals surface area contributed by atoms with Crippen molar-refractivity contribution in [3.63, 3.8) is 0 Å². The van der Waals surface area contributed by atoms with Crippen LogP contribution in [0.4, 0.5) is 0 Å². The lowest BCUT2D eigenvalue weighted by Crippen LogP contribution is -2.20. The minimum Gasteiger partial charge on any atom is -0.462 e. The molecule has 0 aliphatic carbocycles. The van der Waals surface area contributed by atoms with Crippen LogP contribution in [0.3, 0.4) is 0 Å². The zero-order chi connectivity index (χ0) is 16.6. The number of benzene rings is 1. The molecule has 0 unspecified atom stereocenters. The van der Waals surface area contributed by atoms with E-state index >= 15 is 0 Å². The Morgan fingerprint density at radius 3 is 2.65 bits per heavy atom. The molecule has 23 heavy (non-hydrogen) atoms. The number of hydrogen-bond acceptors (Lipinski definition) is 3. The molecule has 2 N–H and O–H groups in total. The number of hydrogen-bond donors (Lipinski definition) is 2. The third-order valence-corrected chi connectivity index (χ3v) is 4.11. The average molecular weight is 351 g/mol. The molecule has 2 heterocycles. The van der Waals surface area contributed by atoms with E-state index < -0.39 is 11.4 Å². The van der Waals surface area contributed by atoms with Crippen molar-refractivity contribution in [2.45, 2.75) is 6.92 Å². The Bertz CT molecular complexity index is 946. The van der Waals surface area contributed by atoms with Gasteiger partial charge in [-0.3, -0.25) is 4.79 Å². The van der Waals surface area contributed by atoms with E-state index in [1.807, 2.05) is 0 Å². The zero-order valence-corrected chi connectivity index (χ0v) is 13.6. The fraction of sp³-hybridized carbons (Fsp3) is 0.125. The number of ether oxygens (including phenoxy) is 1. The molecule has 118 valence electrons. The minimum absolute atomic E-state index is 0.0693. The number of rotatable bonds is 3. The number of halogens is 2. The van der Waals surface area contributed by atoms with Crippen LogP contribution in [0.15, 0.2) is 35.3 Å². The lowest BCUT2D eigenvalue weighted by atomic mass is 10.1. The maximum absolute atomic E-state index is 12.8. The second-order valence-electron chi connectivity index (χ2n) is 4.82. The van der Waals surface area contributed by atoms with Gasteiger partial charge >= 0.3 is 5.97 Å². The van der Waals surface area contributed by atoms with Crippen LogP contribution in [0.25, 0.3) is 22.3 Å². The number of carbonyl (C=O) groups is 1. The number of pyridine rings is 1. The summed E-state index contributed by atoms with van der Waals surface area (Å²) in [6.07, 6.45) is 1.70. The largest absolute Gasteiger partial charge is 0.462 e. The van der Waals surface area contributed by atoms with Crippen molar-refractivity contribution < 1.29 is 9.53 Å². The van der Waals surface area contributed by atoms with Gasteiger partial charge in [0.15, 0.2) is 0 Å². The summed E-state index contributed by atoms with van der Waals surface area (Å²) in [4.78, 5) is 31.1.